The number of halogens is 1. The summed E-state index contributed by atoms with van der Waals surface area (Å²) in [4.78, 5) is 38.7. The van der Waals surface area contributed by atoms with Crippen LogP contribution >= 0.6 is 27.4 Å². The van der Waals surface area contributed by atoms with Crippen LogP contribution in [0.2, 0.25) is 0 Å². The second-order valence-corrected chi connectivity index (χ2v) is 18.2. The molecule has 0 saturated heterocycles. The van der Waals surface area contributed by atoms with Gasteiger partial charge in [-0.15, -0.1) is 0 Å². The average Bonchev–Trinajstić information content (AvgIpc) is 2.76. The van der Waals surface area contributed by atoms with Crippen molar-refractivity contribution in [2.24, 2.45) is 0 Å². The number of hydrogen-bond acceptors (Lipinski definition) is 9. The molecule has 0 spiro atoms. The summed E-state index contributed by atoms with van der Waals surface area (Å²) >= 11 is -0.745. The summed E-state index contributed by atoms with van der Waals surface area (Å²) in [6.45, 7) is 4.02. The third-order valence-electron chi connectivity index (χ3n) is 4.68. The fraction of sp³-hybridized carbons (Fsp3) is 0.864. The molecule has 11 heteroatoms. The summed E-state index contributed by atoms with van der Waals surface area (Å²) in [6.07, 6.45) is 4.35. The van der Waals surface area contributed by atoms with Crippen LogP contribution in [0.4, 0.5) is 4.79 Å². The number of carbonyl (C=O) groups excluding carboxylic acids is 3. The van der Waals surface area contributed by atoms with Gasteiger partial charge >= 0.3 is 126 Å². The second kappa shape index (κ2) is 19.7. The van der Waals surface area contributed by atoms with Crippen LogP contribution in [0.1, 0.15) is 45.4 Å². The molecule has 0 heterocycles. The van der Waals surface area contributed by atoms with Crippen LogP contribution in [-0.2, 0) is 33.3 Å². The number of Topliss-reactive ketones (excluding diaryl/α,β-unsaturated/α-hetero) is 1. The Morgan fingerprint density at radius 3 is 1.82 bits per heavy atom. The van der Waals surface area contributed by atoms with E-state index in [0.717, 1.165) is 18.1 Å². The number of alkyl halides is 2. The number of alkyl carbamates (subject to hydrolysis) is 1. The molecule has 0 atom stereocenters. The first-order valence-electron chi connectivity index (χ1n) is 11.4. The van der Waals surface area contributed by atoms with Gasteiger partial charge in [-0.25, -0.2) is 0 Å². The van der Waals surface area contributed by atoms with Gasteiger partial charge in [-0.3, -0.25) is 4.79 Å². The normalized spacial score (nSPS) is 18.5. The first-order valence-corrected chi connectivity index (χ1v) is 19.1. The molecule has 0 aliphatic heterocycles. The van der Waals surface area contributed by atoms with Gasteiger partial charge in [0.15, 0.2) is 0 Å². The van der Waals surface area contributed by atoms with E-state index in [-0.39, 0.29) is 50.6 Å². The average molecular weight is 606 g/mol. The molecule has 1 amide bonds. The predicted octanol–water partition coefficient (Wildman–Crippen LogP) is 3.40. The molecule has 194 valence electrons. The molecule has 1 aliphatic rings. The number of nitrogens with one attached hydrogen (secondary N) is 1. The molecule has 9 nitrogen and oxygen atoms in total. The zero-order chi connectivity index (χ0) is 24.3. The van der Waals surface area contributed by atoms with E-state index in [1.807, 2.05) is 0 Å². The van der Waals surface area contributed by atoms with Crippen molar-refractivity contribution >= 4 is 45.2 Å². The molecule has 1 fully saturated rings. The SMILES string of the molecule is CC(=O)CCC(=O)OCCOCCOCCOCCOC(=O)NC1CCC(SI(C)C)CC1. The van der Waals surface area contributed by atoms with Gasteiger partial charge < -0.3 is 19.0 Å². The maximum absolute atomic E-state index is 11.9. The van der Waals surface area contributed by atoms with E-state index in [4.69, 9.17) is 23.7 Å². The van der Waals surface area contributed by atoms with Gasteiger partial charge in [0.1, 0.15) is 12.4 Å². The molecule has 1 N–H and O–H groups in total. The standard InChI is InChI=1S/C22H40INO8S/c1-18(25)4-9-21(26)31-16-14-29-12-10-28-11-13-30-15-17-32-22(27)24-19-5-7-20(8-6-19)33-23(2)3/h19-20H,4-17H2,1-3H3,(H,24,27). The van der Waals surface area contributed by atoms with E-state index in [9.17, 15) is 14.4 Å². The van der Waals surface area contributed by atoms with Crippen molar-refractivity contribution in [1.82, 2.24) is 5.32 Å². The fourth-order valence-corrected chi connectivity index (χ4v) is 9.85. The first-order chi connectivity index (χ1) is 15.9. The second-order valence-electron chi connectivity index (χ2n) is 7.79. The number of carbonyl (C=O) groups is 3. The Labute approximate surface area is 207 Å². The summed E-state index contributed by atoms with van der Waals surface area (Å²) in [5.41, 5.74) is 0. The molecule has 1 saturated carbocycles. The number of esters is 1. The number of ketones is 1. The molecule has 1 aliphatic carbocycles. The zero-order valence-electron chi connectivity index (χ0n) is 20.1. The van der Waals surface area contributed by atoms with Gasteiger partial charge in [0.05, 0.1) is 32.8 Å². The Morgan fingerprint density at radius 2 is 1.30 bits per heavy atom. The van der Waals surface area contributed by atoms with Crippen LogP contribution in [0, 0.1) is 0 Å². The van der Waals surface area contributed by atoms with Crippen LogP contribution in [0.25, 0.3) is 0 Å². The van der Waals surface area contributed by atoms with Crippen molar-refractivity contribution < 1.29 is 38.1 Å². The molecule has 0 radical (unpaired) electrons. The van der Waals surface area contributed by atoms with Gasteiger partial charge in [-0.2, -0.15) is 0 Å². The van der Waals surface area contributed by atoms with Crippen molar-refractivity contribution in [2.75, 3.05) is 62.7 Å². The van der Waals surface area contributed by atoms with E-state index in [1.54, 1.807) is 0 Å². The Morgan fingerprint density at radius 1 is 0.788 bits per heavy atom. The summed E-state index contributed by atoms with van der Waals surface area (Å²) in [5.74, 6) is -0.430. The number of hydrogen-bond donors (Lipinski definition) is 1. The maximum atomic E-state index is 11.9. The Balaban J connectivity index is 1.83. The topological polar surface area (TPSA) is 109 Å². The van der Waals surface area contributed by atoms with Crippen molar-refractivity contribution in [1.29, 1.82) is 0 Å². The van der Waals surface area contributed by atoms with Crippen LogP contribution < -0.4 is 5.32 Å². The minimum absolute atomic E-state index is 0.0346. The fourth-order valence-electron chi connectivity index (χ4n) is 3.06. The molecular weight excluding hydrogens is 565 g/mol. The summed E-state index contributed by atoms with van der Waals surface area (Å²) < 4.78 is 26.2. The number of ether oxygens (including phenoxy) is 5. The van der Waals surface area contributed by atoms with Crippen molar-refractivity contribution in [2.45, 2.75) is 56.7 Å². The molecule has 1 rings (SSSR count). The quantitative estimate of drug-likeness (QED) is 0.109. The van der Waals surface area contributed by atoms with Crippen molar-refractivity contribution in [3.05, 3.63) is 0 Å². The van der Waals surface area contributed by atoms with Crippen molar-refractivity contribution in [3.8, 4) is 0 Å². The molecule has 0 aromatic rings. The first kappa shape index (κ1) is 30.4. The van der Waals surface area contributed by atoms with Crippen LogP contribution in [0.5, 0.6) is 0 Å². The van der Waals surface area contributed by atoms with Crippen LogP contribution in [-0.4, -0.2) is 91.9 Å². The van der Waals surface area contributed by atoms with Crippen molar-refractivity contribution in [3.63, 3.8) is 0 Å². The monoisotopic (exact) mass is 605 g/mol. The number of rotatable bonds is 18. The van der Waals surface area contributed by atoms with Gasteiger partial charge in [0.25, 0.3) is 0 Å². The molecule has 0 aromatic heterocycles. The third-order valence-corrected chi connectivity index (χ3v) is 11.0. The zero-order valence-corrected chi connectivity index (χ0v) is 23.1. The Kier molecular flexibility index (Phi) is 18.1. The van der Waals surface area contributed by atoms with Crippen LogP contribution in [0.15, 0.2) is 0 Å². The summed E-state index contributed by atoms with van der Waals surface area (Å²) in [7, 11) is 2.18. The van der Waals surface area contributed by atoms with Gasteiger partial charge in [-0.05, 0) is 6.92 Å². The third kappa shape index (κ3) is 18.4. The van der Waals surface area contributed by atoms with Gasteiger partial charge in [-0.1, -0.05) is 0 Å². The minimum atomic E-state index is -0.745. The molecule has 0 unspecified atom stereocenters. The molecule has 33 heavy (non-hydrogen) atoms. The summed E-state index contributed by atoms with van der Waals surface area (Å²) in [6, 6.07) is 0.223. The Bertz CT molecular complexity index is 559. The molecular formula is C22H40INO8S. The Hall–Kier alpha value is -0.630. The van der Waals surface area contributed by atoms with E-state index in [0.29, 0.717) is 33.0 Å². The molecule has 0 bridgehead atoms. The van der Waals surface area contributed by atoms with Gasteiger partial charge in [0, 0.05) is 6.42 Å². The van der Waals surface area contributed by atoms with Gasteiger partial charge in [0.2, 0.25) is 0 Å². The number of amides is 1. The van der Waals surface area contributed by atoms with Crippen LogP contribution in [0.3, 0.4) is 0 Å². The molecule has 0 aromatic carbocycles. The summed E-state index contributed by atoms with van der Waals surface area (Å²) in [5, 5.41) is 3.73. The van der Waals surface area contributed by atoms with E-state index in [2.05, 4.69) is 24.1 Å². The van der Waals surface area contributed by atoms with E-state index in [1.165, 1.54) is 19.8 Å². The van der Waals surface area contributed by atoms with E-state index < -0.39 is 24.4 Å². The predicted molar refractivity (Wildman–Crippen MR) is 137 cm³/mol. The van der Waals surface area contributed by atoms with E-state index >= 15 is 0 Å².